The average molecular weight is 474 g/mol. The number of hydrogen-bond acceptors (Lipinski definition) is 8. The maximum Gasteiger partial charge on any atom is 0.258 e. The van der Waals surface area contributed by atoms with Crippen LogP contribution >= 0.6 is 11.3 Å². The van der Waals surface area contributed by atoms with Crippen LogP contribution in [0, 0.1) is 0 Å². The molecule has 2 N–H and O–H groups in total. The predicted octanol–water partition coefficient (Wildman–Crippen LogP) is 3.59. The van der Waals surface area contributed by atoms with E-state index in [4.69, 9.17) is 4.98 Å². The summed E-state index contributed by atoms with van der Waals surface area (Å²) >= 11 is 1.49. The summed E-state index contributed by atoms with van der Waals surface area (Å²) in [4.78, 5) is 27.7. The Morgan fingerprint density at radius 1 is 1.18 bits per heavy atom. The molecule has 4 heterocycles. The van der Waals surface area contributed by atoms with Crippen molar-refractivity contribution < 1.29 is 9.90 Å². The van der Waals surface area contributed by atoms with Crippen molar-refractivity contribution in [3.63, 3.8) is 0 Å². The van der Waals surface area contributed by atoms with Crippen molar-refractivity contribution in [1.82, 2.24) is 29.6 Å². The Hall–Kier alpha value is -3.63. The largest absolute Gasteiger partial charge is 0.375 e. The summed E-state index contributed by atoms with van der Waals surface area (Å²) in [5.41, 5.74) is 1.39. The van der Waals surface area contributed by atoms with E-state index in [1.165, 1.54) is 24.2 Å². The highest BCUT2D eigenvalue weighted by atomic mass is 32.1. The molecular formula is C24H23N7O2S. The van der Waals surface area contributed by atoms with Crippen molar-refractivity contribution in [3.05, 3.63) is 59.7 Å². The van der Waals surface area contributed by atoms with E-state index in [9.17, 15) is 9.90 Å². The van der Waals surface area contributed by atoms with Gasteiger partial charge in [-0.25, -0.2) is 15.0 Å². The van der Waals surface area contributed by atoms with Crippen molar-refractivity contribution in [2.24, 2.45) is 0 Å². The molecule has 1 amide bonds. The molecule has 1 atom stereocenters. The number of likely N-dealkylation sites (N-methyl/N-ethyl adjacent to an activating group) is 1. The number of carbonyl (C=O) groups excluding carboxylic acids is 1. The van der Waals surface area contributed by atoms with E-state index >= 15 is 0 Å². The van der Waals surface area contributed by atoms with Crippen LogP contribution in [0.15, 0.2) is 54.2 Å². The van der Waals surface area contributed by atoms with E-state index in [-0.39, 0.29) is 5.91 Å². The number of amides is 1. The van der Waals surface area contributed by atoms with Gasteiger partial charge < -0.3 is 15.3 Å². The topological polar surface area (TPSA) is 109 Å². The van der Waals surface area contributed by atoms with Crippen molar-refractivity contribution in [2.45, 2.75) is 30.9 Å². The molecule has 1 saturated heterocycles. The number of likely N-dealkylation sites (tertiary alicyclic amines) is 1. The van der Waals surface area contributed by atoms with Gasteiger partial charge in [0.2, 0.25) is 5.95 Å². The molecule has 0 unspecified atom stereocenters. The minimum atomic E-state index is -1.48. The molecule has 1 saturated carbocycles. The third-order valence-electron chi connectivity index (χ3n) is 6.29. The zero-order valence-corrected chi connectivity index (χ0v) is 19.4. The van der Waals surface area contributed by atoms with Gasteiger partial charge in [0.05, 0.1) is 11.7 Å². The number of rotatable bonds is 6. The molecule has 172 valence electrons. The highest BCUT2D eigenvalue weighted by Gasteiger charge is 2.45. The molecule has 0 spiro atoms. The van der Waals surface area contributed by atoms with Crippen LogP contribution in [0.2, 0.25) is 0 Å². The molecule has 0 bridgehead atoms. The summed E-state index contributed by atoms with van der Waals surface area (Å²) in [6.07, 6.45) is 6.40. The van der Waals surface area contributed by atoms with Gasteiger partial charge in [-0.05, 0) is 30.5 Å². The third kappa shape index (κ3) is 3.74. The van der Waals surface area contributed by atoms with Crippen LogP contribution in [0.4, 0.5) is 11.8 Å². The van der Waals surface area contributed by atoms with Gasteiger partial charge in [0.15, 0.2) is 11.4 Å². The number of nitrogens with zero attached hydrogens (tertiary/aromatic N) is 6. The fourth-order valence-electron chi connectivity index (χ4n) is 4.18. The fourth-order valence-corrected chi connectivity index (χ4v) is 4.99. The number of anilines is 2. The summed E-state index contributed by atoms with van der Waals surface area (Å²) in [5, 5.41) is 21.4. The molecule has 0 radical (unpaired) electrons. The lowest BCUT2D eigenvalue weighted by molar-refractivity contribution is -0.143. The first kappa shape index (κ1) is 20.9. The molecule has 1 aliphatic heterocycles. The zero-order chi connectivity index (χ0) is 23.3. The van der Waals surface area contributed by atoms with Gasteiger partial charge >= 0.3 is 0 Å². The lowest BCUT2D eigenvalue weighted by Gasteiger charge is -2.21. The van der Waals surface area contributed by atoms with Gasteiger partial charge in [-0.3, -0.25) is 9.48 Å². The van der Waals surface area contributed by atoms with Gasteiger partial charge in [-0.15, -0.1) is 11.3 Å². The van der Waals surface area contributed by atoms with Gasteiger partial charge in [-0.2, -0.15) is 5.10 Å². The lowest BCUT2D eigenvalue weighted by atomic mass is 9.91. The number of aliphatic hydroxyl groups is 1. The van der Waals surface area contributed by atoms with Gasteiger partial charge in [0.1, 0.15) is 10.7 Å². The Morgan fingerprint density at radius 3 is 2.85 bits per heavy atom. The number of hydrogen-bond donors (Lipinski definition) is 2. The van der Waals surface area contributed by atoms with Crippen LogP contribution in [-0.2, 0) is 10.4 Å². The number of aromatic nitrogens is 5. The highest BCUT2D eigenvalue weighted by Crippen LogP contribution is 2.36. The van der Waals surface area contributed by atoms with Crippen molar-refractivity contribution >= 4 is 29.0 Å². The molecule has 1 aliphatic carbocycles. The standard InChI is InChI=1S/C24H23N7O2S/c1-30-12-9-24(33,22(30)32)16-4-2-3-15(13-16)21-26-19(14-34-21)18-7-10-25-23(27-18)28-20-8-11-31(29-20)17-5-6-17/h2-4,7-8,10-11,13-14,17,33H,5-6,9,12H2,1H3,(H,25,27,28,29)/t24-/m1/s1. The molecule has 10 heteroatoms. The molecular weight excluding hydrogens is 450 g/mol. The molecule has 6 rings (SSSR count). The third-order valence-corrected chi connectivity index (χ3v) is 7.18. The molecule has 9 nitrogen and oxygen atoms in total. The van der Waals surface area contributed by atoms with Crippen LogP contribution < -0.4 is 5.32 Å². The Bertz CT molecular complexity index is 1380. The SMILES string of the molecule is CN1CC[C@@](O)(c2cccc(-c3nc(-c4ccnc(Nc5ccn(C6CC6)n5)n4)cs3)c2)C1=O. The lowest BCUT2D eigenvalue weighted by Crippen LogP contribution is -2.36. The molecule has 4 aromatic rings. The van der Waals surface area contributed by atoms with Gasteiger partial charge in [-0.1, -0.05) is 18.2 Å². The van der Waals surface area contributed by atoms with E-state index < -0.39 is 5.60 Å². The number of benzene rings is 1. The predicted molar refractivity (Wildman–Crippen MR) is 129 cm³/mol. The molecule has 2 aliphatic rings. The van der Waals surface area contributed by atoms with E-state index in [1.807, 2.05) is 46.6 Å². The second-order valence-corrected chi connectivity index (χ2v) is 9.62. The summed E-state index contributed by atoms with van der Waals surface area (Å²) < 4.78 is 1.97. The van der Waals surface area contributed by atoms with E-state index in [2.05, 4.69) is 20.4 Å². The maximum absolute atomic E-state index is 12.5. The van der Waals surface area contributed by atoms with Crippen molar-refractivity contribution in [2.75, 3.05) is 18.9 Å². The van der Waals surface area contributed by atoms with Crippen LogP contribution in [-0.4, -0.2) is 54.2 Å². The van der Waals surface area contributed by atoms with E-state index in [0.717, 1.165) is 16.3 Å². The van der Waals surface area contributed by atoms with Crippen molar-refractivity contribution in [1.29, 1.82) is 0 Å². The maximum atomic E-state index is 12.5. The first-order valence-corrected chi connectivity index (χ1v) is 12.1. The normalized spacial score (nSPS) is 20.2. The molecule has 2 fully saturated rings. The Labute approximate surface area is 200 Å². The van der Waals surface area contributed by atoms with Crippen LogP contribution in [0.25, 0.3) is 22.0 Å². The van der Waals surface area contributed by atoms with Crippen LogP contribution in [0.5, 0.6) is 0 Å². The second-order valence-electron chi connectivity index (χ2n) is 8.76. The first-order chi connectivity index (χ1) is 16.5. The van der Waals surface area contributed by atoms with Gasteiger partial charge in [0.25, 0.3) is 5.91 Å². The minimum absolute atomic E-state index is 0.271. The number of thiazole rings is 1. The van der Waals surface area contributed by atoms with Crippen LogP contribution in [0.1, 0.15) is 30.9 Å². The zero-order valence-electron chi connectivity index (χ0n) is 18.5. The smallest absolute Gasteiger partial charge is 0.258 e. The quantitative estimate of drug-likeness (QED) is 0.440. The van der Waals surface area contributed by atoms with Crippen LogP contribution in [0.3, 0.4) is 0 Å². The Morgan fingerprint density at radius 2 is 2.06 bits per heavy atom. The average Bonchev–Trinajstić information content (AvgIpc) is 3.29. The summed E-state index contributed by atoms with van der Waals surface area (Å²) in [7, 11) is 1.71. The molecule has 34 heavy (non-hydrogen) atoms. The number of nitrogens with one attached hydrogen (secondary N) is 1. The van der Waals surface area contributed by atoms with Crippen molar-refractivity contribution in [3.8, 4) is 22.0 Å². The Balaban J connectivity index is 1.24. The number of carbonyl (C=O) groups is 1. The summed E-state index contributed by atoms with van der Waals surface area (Å²) in [6.45, 7) is 0.534. The summed E-state index contributed by atoms with van der Waals surface area (Å²) in [5.74, 6) is 0.901. The summed E-state index contributed by atoms with van der Waals surface area (Å²) in [6, 6.07) is 11.7. The fraction of sp³-hybridized carbons (Fsp3) is 0.292. The van der Waals surface area contributed by atoms with Gasteiger partial charge in [0, 0.05) is 49.4 Å². The second kappa shape index (κ2) is 8.00. The highest BCUT2D eigenvalue weighted by molar-refractivity contribution is 7.13. The van der Waals surface area contributed by atoms with E-state index in [1.54, 1.807) is 24.2 Å². The first-order valence-electron chi connectivity index (χ1n) is 11.2. The molecule has 3 aromatic heterocycles. The monoisotopic (exact) mass is 473 g/mol. The minimum Gasteiger partial charge on any atom is -0.375 e. The van der Waals surface area contributed by atoms with E-state index in [0.29, 0.717) is 42.0 Å². The Kier molecular flexibility index (Phi) is 4.93. The molecule has 1 aromatic carbocycles.